The Hall–Kier alpha value is -2.76. The van der Waals surface area contributed by atoms with Crippen LogP contribution in [-0.2, 0) is 0 Å². The SMILES string of the molecule is COc1ccccc1OC1CCCN(c2nccn3cncc23)C1. The van der Waals surface area contributed by atoms with Crippen LogP contribution in [0.1, 0.15) is 12.8 Å². The number of nitrogens with zero attached hydrogens (tertiary/aromatic N) is 4. The maximum Gasteiger partial charge on any atom is 0.161 e. The summed E-state index contributed by atoms with van der Waals surface area (Å²) in [5.74, 6) is 2.52. The third-order valence-corrected chi connectivity index (χ3v) is 4.36. The predicted octanol–water partition coefficient (Wildman–Crippen LogP) is 2.79. The quantitative estimate of drug-likeness (QED) is 0.738. The van der Waals surface area contributed by atoms with E-state index >= 15 is 0 Å². The molecule has 2 aromatic heterocycles. The lowest BCUT2D eigenvalue weighted by molar-refractivity contribution is 0.172. The minimum Gasteiger partial charge on any atom is -0.493 e. The molecule has 1 aliphatic heterocycles. The van der Waals surface area contributed by atoms with Gasteiger partial charge in [-0.2, -0.15) is 0 Å². The zero-order chi connectivity index (χ0) is 16.4. The molecule has 6 heteroatoms. The summed E-state index contributed by atoms with van der Waals surface area (Å²) < 4.78 is 13.6. The second-order valence-corrected chi connectivity index (χ2v) is 5.92. The molecular weight excluding hydrogens is 304 g/mol. The number of aromatic nitrogens is 3. The molecule has 1 atom stereocenters. The van der Waals surface area contributed by atoms with Crippen LogP contribution < -0.4 is 14.4 Å². The van der Waals surface area contributed by atoms with Gasteiger partial charge in [0.2, 0.25) is 0 Å². The normalized spacial score (nSPS) is 17.9. The summed E-state index contributed by atoms with van der Waals surface area (Å²) in [5, 5.41) is 0. The van der Waals surface area contributed by atoms with E-state index in [-0.39, 0.29) is 6.10 Å². The van der Waals surface area contributed by atoms with Gasteiger partial charge in [-0.05, 0) is 25.0 Å². The first kappa shape index (κ1) is 14.8. The highest BCUT2D eigenvalue weighted by atomic mass is 16.5. The van der Waals surface area contributed by atoms with Crippen molar-refractivity contribution in [3.8, 4) is 11.5 Å². The molecule has 1 aliphatic rings. The van der Waals surface area contributed by atoms with Gasteiger partial charge in [0.25, 0.3) is 0 Å². The molecule has 6 nitrogen and oxygen atoms in total. The minimum atomic E-state index is 0.111. The summed E-state index contributed by atoms with van der Waals surface area (Å²) in [5.41, 5.74) is 1.02. The Kier molecular flexibility index (Phi) is 3.94. The van der Waals surface area contributed by atoms with Gasteiger partial charge in [0.1, 0.15) is 11.6 Å². The smallest absolute Gasteiger partial charge is 0.161 e. The van der Waals surface area contributed by atoms with Gasteiger partial charge < -0.3 is 18.8 Å². The number of para-hydroxylation sites is 2. The molecule has 1 aromatic carbocycles. The second-order valence-electron chi connectivity index (χ2n) is 5.92. The molecule has 0 amide bonds. The summed E-state index contributed by atoms with van der Waals surface area (Å²) in [6.07, 6.45) is 9.58. The van der Waals surface area contributed by atoms with Gasteiger partial charge in [0.15, 0.2) is 17.3 Å². The molecule has 0 bridgehead atoms. The molecule has 3 aromatic rings. The molecule has 4 rings (SSSR count). The number of rotatable bonds is 4. The fourth-order valence-corrected chi connectivity index (χ4v) is 3.20. The first-order valence-electron chi connectivity index (χ1n) is 8.16. The van der Waals surface area contributed by atoms with E-state index in [9.17, 15) is 0 Å². The molecule has 0 saturated carbocycles. The van der Waals surface area contributed by atoms with E-state index in [1.54, 1.807) is 13.4 Å². The Morgan fingerprint density at radius 2 is 2.08 bits per heavy atom. The molecule has 124 valence electrons. The van der Waals surface area contributed by atoms with Gasteiger partial charge in [0.05, 0.1) is 26.2 Å². The van der Waals surface area contributed by atoms with Gasteiger partial charge in [0, 0.05) is 18.9 Å². The van der Waals surface area contributed by atoms with Crippen LogP contribution in [0.15, 0.2) is 49.2 Å². The second kappa shape index (κ2) is 6.39. The summed E-state index contributed by atoms with van der Waals surface area (Å²) >= 11 is 0. The Bertz CT molecular complexity index is 833. The Morgan fingerprint density at radius 1 is 1.21 bits per heavy atom. The number of hydrogen-bond acceptors (Lipinski definition) is 5. The van der Waals surface area contributed by atoms with Gasteiger partial charge in [-0.25, -0.2) is 9.97 Å². The van der Waals surface area contributed by atoms with Crippen molar-refractivity contribution in [3.05, 3.63) is 49.2 Å². The zero-order valence-corrected chi connectivity index (χ0v) is 13.6. The van der Waals surface area contributed by atoms with Crippen LogP contribution in [0.25, 0.3) is 5.52 Å². The summed E-state index contributed by atoms with van der Waals surface area (Å²) in [7, 11) is 1.67. The minimum absolute atomic E-state index is 0.111. The molecule has 0 radical (unpaired) electrons. The van der Waals surface area contributed by atoms with E-state index in [0.29, 0.717) is 0 Å². The van der Waals surface area contributed by atoms with E-state index in [4.69, 9.17) is 9.47 Å². The number of methoxy groups -OCH3 is 1. The summed E-state index contributed by atoms with van der Waals surface area (Å²) in [6.45, 7) is 1.78. The summed E-state index contributed by atoms with van der Waals surface area (Å²) in [6, 6.07) is 7.79. The van der Waals surface area contributed by atoms with E-state index in [1.165, 1.54) is 0 Å². The van der Waals surface area contributed by atoms with E-state index in [0.717, 1.165) is 48.8 Å². The average molecular weight is 324 g/mol. The molecule has 1 saturated heterocycles. The molecule has 0 aliphatic carbocycles. The van der Waals surface area contributed by atoms with Crippen LogP contribution in [0.5, 0.6) is 11.5 Å². The Labute approximate surface area is 140 Å². The van der Waals surface area contributed by atoms with Crippen LogP contribution in [0, 0.1) is 0 Å². The topological polar surface area (TPSA) is 51.9 Å². The number of imidazole rings is 1. The van der Waals surface area contributed by atoms with Gasteiger partial charge in [-0.15, -0.1) is 0 Å². The van der Waals surface area contributed by atoms with Gasteiger partial charge in [-0.3, -0.25) is 0 Å². The first-order chi connectivity index (χ1) is 11.8. The van der Waals surface area contributed by atoms with Crippen LogP contribution in [0.3, 0.4) is 0 Å². The largest absolute Gasteiger partial charge is 0.493 e. The number of piperidine rings is 1. The Morgan fingerprint density at radius 3 is 2.96 bits per heavy atom. The molecule has 24 heavy (non-hydrogen) atoms. The van der Waals surface area contributed by atoms with Crippen molar-refractivity contribution in [2.24, 2.45) is 0 Å². The third kappa shape index (κ3) is 2.75. The number of benzene rings is 1. The lowest BCUT2D eigenvalue weighted by Gasteiger charge is -2.34. The van der Waals surface area contributed by atoms with Gasteiger partial charge in [-0.1, -0.05) is 12.1 Å². The highest BCUT2D eigenvalue weighted by Crippen LogP contribution is 2.30. The van der Waals surface area contributed by atoms with E-state index < -0.39 is 0 Å². The molecule has 0 N–H and O–H groups in total. The molecule has 3 heterocycles. The highest BCUT2D eigenvalue weighted by Gasteiger charge is 2.24. The third-order valence-electron chi connectivity index (χ3n) is 4.36. The fourth-order valence-electron chi connectivity index (χ4n) is 3.20. The van der Waals surface area contributed by atoms with Crippen molar-refractivity contribution in [1.82, 2.24) is 14.4 Å². The highest BCUT2D eigenvalue weighted by molar-refractivity contribution is 5.68. The molecule has 0 spiro atoms. The standard InChI is InChI=1S/C18H20N4O2/c1-23-16-6-2-3-7-17(16)24-14-5-4-9-21(12-14)18-15-11-19-13-22(15)10-8-20-18/h2-3,6-8,10-11,13-14H,4-5,9,12H2,1H3. The number of fused-ring (bicyclic) bond motifs is 1. The molecule has 1 unspecified atom stereocenters. The fraction of sp³-hybridized carbons (Fsp3) is 0.333. The van der Waals surface area contributed by atoms with Crippen LogP contribution >= 0.6 is 0 Å². The lowest BCUT2D eigenvalue weighted by Crippen LogP contribution is -2.41. The van der Waals surface area contributed by atoms with Gasteiger partial charge >= 0.3 is 0 Å². The van der Waals surface area contributed by atoms with Crippen molar-refractivity contribution in [2.75, 3.05) is 25.1 Å². The first-order valence-corrected chi connectivity index (χ1v) is 8.16. The maximum absolute atomic E-state index is 6.21. The van der Waals surface area contributed by atoms with Crippen LogP contribution in [0.2, 0.25) is 0 Å². The van der Waals surface area contributed by atoms with Crippen LogP contribution in [-0.4, -0.2) is 40.7 Å². The predicted molar refractivity (Wildman–Crippen MR) is 91.8 cm³/mol. The van der Waals surface area contributed by atoms with Crippen molar-refractivity contribution >= 4 is 11.3 Å². The van der Waals surface area contributed by atoms with Crippen molar-refractivity contribution in [3.63, 3.8) is 0 Å². The van der Waals surface area contributed by atoms with Crippen molar-refractivity contribution < 1.29 is 9.47 Å². The van der Waals surface area contributed by atoms with Crippen LogP contribution in [0.4, 0.5) is 5.82 Å². The van der Waals surface area contributed by atoms with Crippen molar-refractivity contribution in [1.29, 1.82) is 0 Å². The van der Waals surface area contributed by atoms with E-state index in [2.05, 4.69) is 14.9 Å². The zero-order valence-electron chi connectivity index (χ0n) is 13.6. The summed E-state index contributed by atoms with van der Waals surface area (Å²) in [4.78, 5) is 11.1. The number of ether oxygens (including phenoxy) is 2. The molecular formula is C18H20N4O2. The molecule has 1 fully saturated rings. The number of hydrogen-bond donors (Lipinski definition) is 0. The Balaban J connectivity index is 1.55. The lowest BCUT2D eigenvalue weighted by atomic mass is 10.1. The maximum atomic E-state index is 6.21. The average Bonchev–Trinajstić information content (AvgIpc) is 3.11. The van der Waals surface area contributed by atoms with Crippen molar-refractivity contribution in [2.45, 2.75) is 18.9 Å². The monoisotopic (exact) mass is 324 g/mol. The number of anilines is 1. The van der Waals surface area contributed by atoms with E-state index in [1.807, 2.05) is 47.3 Å².